The largest absolute Gasteiger partial charge is 0.466 e. The number of nitrogens with one attached hydrogen (secondary N) is 3. The normalized spacial score (nSPS) is 18.0. The summed E-state index contributed by atoms with van der Waals surface area (Å²) >= 11 is 0. The van der Waals surface area contributed by atoms with E-state index < -0.39 is 0 Å². The first-order valence-electron chi connectivity index (χ1n) is 8.79. The minimum atomic E-state index is -0.301. The van der Waals surface area contributed by atoms with Crippen LogP contribution in [-0.2, 0) is 6.42 Å². The van der Waals surface area contributed by atoms with Gasteiger partial charge in [-0.3, -0.25) is 4.79 Å². The molecular formula is C19H25N3O4. The van der Waals surface area contributed by atoms with Gasteiger partial charge >= 0.3 is 6.03 Å². The summed E-state index contributed by atoms with van der Waals surface area (Å²) in [6.45, 7) is 6.91. The van der Waals surface area contributed by atoms with E-state index in [1.807, 2.05) is 13.0 Å². The van der Waals surface area contributed by atoms with E-state index in [2.05, 4.69) is 29.8 Å². The molecule has 1 aliphatic carbocycles. The van der Waals surface area contributed by atoms with Gasteiger partial charge in [-0.2, -0.15) is 0 Å². The van der Waals surface area contributed by atoms with Crippen molar-refractivity contribution in [2.75, 3.05) is 13.1 Å². The maximum Gasteiger partial charge on any atom is 0.315 e. The Kier molecular flexibility index (Phi) is 5.06. The molecule has 3 amide bonds. The molecule has 2 aromatic rings. The molecule has 0 bridgehead atoms. The van der Waals surface area contributed by atoms with Crippen LogP contribution in [0.4, 0.5) is 4.79 Å². The number of aryl methyl sites for hydroxylation is 1. The number of urea groups is 1. The number of amides is 3. The molecule has 26 heavy (non-hydrogen) atoms. The molecule has 2 heterocycles. The lowest BCUT2D eigenvalue weighted by molar-refractivity contribution is 0.0926. The van der Waals surface area contributed by atoms with Crippen molar-refractivity contribution in [3.8, 4) is 0 Å². The molecule has 3 rings (SSSR count). The van der Waals surface area contributed by atoms with Gasteiger partial charge < -0.3 is 24.8 Å². The molecule has 7 nitrogen and oxygen atoms in total. The van der Waals surface area contributed by atoms with Crippen LogP contribution in [0.2, 0.25) is 0 Å². The van der Waals surface area contributed by atoms with E-state index in [1.54, 1.807) is 12.1 Å². The molecule has 1 atom stereocenters. The van der Waals surface area contributed by atoms with Crippen LogP contribution >= 0.6 is 0 Å². The van der Waals surface area contributed by atoms with Gasteiger partial charge in [0.1, 0.15) is 11.5 Å². The summed E-state index contributed by atoms with van der Waals surface area (Å²) in [5.74, 6) is 1.77. The maximum absolute atomic E-state index is 12.2. The van der Waals surface area contributed by atoms with Gasteiger partial charge in [0.25, 0.3) is 5.91 Å². The molecule has 3 N–H and O–H groups in total. The van der Waals surface area contributed by atoms with Gasteiger partial charge in [-0.1, -0.05) is 13.8 Å². The highest BCUT2D eigenvalue weighted by atomic mass is 16.3. The summed E-state index contributed by atoms with van der Waals surface area (Å²) in [7, 11) is 0. The Morgan fingerprint density at radius 3 is 2.77 bits per heavy atom. The molecule has 0 radical (unpaired) electrons. The summed E-state index contributed by atoms with van der Waals surface area (Å²) in [5.41, 5.74) is 1.12. The van der Waals surface area contributed by atoms with Crippen molar-refractivity contribution >= 4 is 11.9 Å². The molecule has 2 aromatic heterocycles. The molecule has 0 aliphatic heterocycles. The Hall–Kier alpha value is -2.70. The van der Waals surface area contributed by atoms with E-state index in [-0.39, 0.29) is 29.2 Å². The van der Waals surface area contributed by atoms with Gasteiger partial charge in [-0.05, 0) is 37.0 Å². The van der Waals surface area contributed by atoms with Crippen LogP contribution in [0.5, 0.6) is 0 Å². The quantitative estimate of drug-likeness (QED) is 0.715. The van der Waals surface area contributed by atoms with Gasteiger partial charge in [0.05, 0.1) is 12.3 Å². The Labute approximate surface area is 152 Å². The summed E-state index contributed by atoms with van der Waals surface area (Å²) in [6.07, 6.45) is 3.16. The third-order valence-electron chi connectivity index (χ3n) is 4.48. The Morgan fingerprint density at radius 1 is 1.27 bits per heavy atom. The average Bonchev–Trinajstić information content (AvgIpc) is 3.19. The number of rotatable bonds is 5. The molecule has 0 fully saturated rings. The molecule has 1 unspecified atom stereocenters. The lowest BCUT2D eigenvalue weighted by Crippen LogP contribution is -2.43. The summed E-state index contributed by atoms with van der Waals surface area (Å²) in [4.78, 5) is 24.0. The molecular weight excluding hydrogens is 334 g/mol. The van der Waals surface area contributed by atoms with Crippen LogP contribution in [0, 0.1) is 12.3 Å². The van der Waals surface area contributed by atoms with Crippen LogP contribution in [0.3, 0.4) is 0 Å². The fraction of sp³-hybridized carbons (Fsp3) is 0.474. The number of carbonyl (C=O) groups is 2. The predicted octanol–water partition coefficient (Wildman–Crippen LogP) is 2.92. The van der Waals surface area contributed by atoms with Crippen molar-refractivity contribution in [1.82, 2.24) is 16.0 Å². The van der Waals surface area contributed by atoms with Gasteiger partial charge in [0.15, 0.2) is 5.76 Å². The van der Waals surface area contributed by atoms with Crippen LogP contribution in [0.25, 0.3) is 0 Å². The van der Waals surface area contributed by atoms with Crippen LogP contribution in [0.1, 0.15) is 53.9 Å². The standard InChI is InChI=1S/C19H25N3O4/c1-12-9-13-14(10-19(2,3)11-16(13)26-12)22-18(24)21-7-6-20-17(23)15-5-4-8-25-15/h4-5,8-9,14H,6-7,10-11H2,1-3H3,(H,20,23)(H2,21,22,24). The summed E-state index contributed by atoms with van der Waals surface area (Å²) in [6, 6.07) is 4.90. The molecule has 0 spiro atoms. The molecule has 140 valence electrons. The lowest BCUT2D eigenvalue weighted by Gasteiger charge is -2.34. The van der Waals surface area contributed by atoms with Crippen LogP contribution in [0.15, 0.2) is 33.3 Å². The highest BCUT2D eigenvalue weighted by Crippen LogP contribution is 2.41. The fourth-order valence-electron chi connectivity index (χ4n) is 3.37. The van der Waals surface area contributed by atoms with Crippen molar-refractivity contribution in [3.05, 3.63) is 47.3 Å². The van der Waals surface area contributed by atoms with Crippen molar-refractivity contribution in [2.24, 2.45) is 5.41 Å². The second-order valence-electron chi connectivity index (χ2n) is 7.47. The maximum atomic E-state index is 12.2. The van der Waals surface area contributed by atoms with Crippen LogP contribution < -0.4 is 16.0 Å². The highest BCUT2D eigenvalue weighted by molar-refractivity contribution is 5.91. The molecule has 0 aromatic carbocycles. The zero-order chi connectivity index (χ0) is 18.7. The second-order valence-corrected chi connectivity index (χ2v) is 7.47. The minimum Gasteiger partial charge on any atom is -0.466 e. The molecule has 0 saturated carbocycles. The zero-order valence-corrected chi connectivity index (χ0v) is 15.3. The second kappa shape index (κ2) is 7.27. The van der Waals surface area contributed by atoms with Gasteiger partial charge in [0.2, 0.25) is 0 Å². The summed E-state index contributed by atoms with van der Waals surface area (Å²) in [5, 5.41) is 8.47. The number of furan rings is 2. The van der Waals surface area contributed by atoms with Gasteiger partial charge in [0, 0.05) is 25.1 Å². The number of fused-ring (bicyclic) bond motifs is 1. The minimum absolute atomic E-state index is 0.0618. The lowest BCUT2D eigenvalue weighted by atomic mass is 9.75. The smallest absolute Gasteiger partial charge is 0.315 e. The third kappa shape index (κ3) is 4.28. The predicted molar refractivity (Wildman–Crippen MR) is 95.9 cm³/mol. The van der Waals surface area contributed by atoms with Crippen molar-refractivity contribution < 1.29 is 18.4 Å². The molecule has 1 aliphatic rings. The van der Waals surface area contributed by atoms with E-state index in [0.29, 0.717) is 13.1 Å². The van der Waals surface area contributed by atoms with E-state index in [9.17, 15) is 9.59 Å². The Balaban J connectivity index is 1.48. The first-order chi connectivity index (χ1) is 12.3. The number of hydrogen-bond acceptors (Lipinski definition) is 4. The Morgan fingerprint density at radius 2 is 2.04 bits per heavy atom. The zero-order valence-electron chi connectivity index (χ0n) is 15.3. The third-order valence-corrected chi connectivity index (χ3v) is 4.48. The molecule has 0 saturated heterocycles. The average molecular weight is 359 g/mol. The molecule has 7 heteroatoms. The first kappa shape index (κ1) is 18.1. The Bertz CT molecular complexity index is 777. The fourth-order valence-corrected chi connectivity index (χ4v) is 3.37. The van der Waals surface area contributed by atoms with E-state index >= 15 is 0 Å². The number of hydrogen-bond donors (Lipinski definition) is 3. The van der Waals surface area contributed by atoms with Crippen molar-refractivity contribution in [2.45, 2.75) is 39.7 Å². The van der Waals surface area contributed by atoms with Crippen molar-refractivity contribution in [3.63, 3.8) is 0 Å². The first-order valence-corrected chi connectivity index (χ1v) is 8.79. The summed E-state index contributed by atoms with van der Waals surface area (Å²) < 4.78 is 10.8. The van der Waals surface area contributed by atoms with E-state index in [4.69, 9.17) is 8.83 Å². The number of carbonyl (C=O) groups excluding carboxylic acids is 2. The highest BCUT2D eigenvalue weighted by Gasteiger charge is 2.35. The van der Waals surface area contributed by atoms with Gasteiger partial charge in [-0.15, -0.1) is 0 Å². The van der Waals surface area contributed by atoms with E-state index in [0.717, 1.165) is 29.9 Å². The van der Waals surface area contributed by atoms with Crippen LogP contribution in [-0.4, -0.2) is 25.0 Å². The van der Waals surface area contributed by atoms with Gasteiger partial charge in [-0.25, -0.2) is 4.79 Å². The van der Waals surface area contributed by atoms with E-state index in [1.165, 1.54) is 6.26 Å². The topological polar surface area (TPSA) is 96.5 Å². The monoisotopic (exact) mass is 359 g/mol. The van der Waals surface area contributed by atoms with Crippen molar-refractivity contribution in [1.29, 1.82) is 0 Å². The SMILES string of the molecule is Cc1cc2c(o1)CC(C)(C)CC2NC(=O)NCCNC(=O)c1ccco1.